The van der Waals surface area contributed by atoms with Crippen molar-refractivity contribution < 1.29 is 13.2 Å². The normalized spacial score (nSPS) is 20.3. The smallest absolute Gasteiger partial charge is 0.243 e. The standard InChI is InChI=1S/C21H24N2O3S/c24-20-21(11-14-22(20)17-18-7-3-1-4-8-18)12-15-23(16-13-21)27(25,26)19-9-5-2-6-10-19/h1-10H,11-17H2. The predicted octanol–water partition coefficient (Wildman–Crippen LogP) is 2.89. The summed E-state index contributed by atoms with van der Waals surface area (Å²) in [4.78, 5) is 15.3. The Morgan fingerprint density at radius 3 is 2.00 bits per heavy atom. The molecule has 2 heterocycles. The van der Waals surface area contributed by atoms with E-state index in [4.69, 9.17) is 0 Å². The summed E-state index contributed by atoms with van der Waals surface area (Å²) in [6.07, 6.45) is 2.02. The van der Waals surface area contributed by atoms with Crippen LogP contribution in [0.15, 0.2) is 65.6 Å². The van der Waals surface area contributed by atoms with Crippen LogP contribution in [0.2, 0.25) is 0 Å². The summed E-state index contributed by atoms with van der Waals surface area (Å²) < 4.78 is 27.1. The van der Waals surface area contributed by atoms with Crippen LogP contribution >= 0.6 is 0 Å². The number of nitrogens with zero attached hydrogens (tertiary/aromatic N) is 2. The molecule has 0 bridgehead atoms. The quantitative estimate of drug-likeness (QED) is 0.814. The Hall–Kier alpha value is -2.18. The molecule has 2 aromatic carbocycles. The lowest BCUT2D eigenvalue weighted by Crippen LogP contribution is -2.46. The number of rotatable bonds is 4. The van der Waals surface area contributed by atoms with Gasteiger partial charge >= 0.3 is 0 Å². The molecule has 0 unspecified atom stereocenters. The van der Waals surface area contributed by atoms with Gasteiger partial charge in [-0.25, -0.2) is 8.42 Å². The molecule has 6 heteroatoms. The fourth-order valence-corrected chi connectivity index (χ4v) is 5.67. The molecule has 0 atom stereocenters. The highest BCUT2D eigenvalue weighted by Crippen LogP contribution is 2.42. The first kappa shape index (κ1) is 18.2. The Morgan fingerprint density at radius 2 is 1.37 bits per heavy atom. The van der Waals surface area contributed by atoms with Gasteiger partial charge in [0.15, 0.2) is 0 Å². The first-order valence-corrected chi connectivity index (χ1v) is 10.8. The van der Waals surface area contributed by atoms with Crippen LogP contribution in [0.5, 0.6) is 0 Å². The van der Waals surface area contributed by atoms with E-state index in [0.717, 1.165) is 18.5 Å². The summed E-state index contributed by atoms with van der Waals surface area (Å²) in [7, 11) is -3.48. The molecule has 0 saturated carbocycles. The highest BCUT2D eigenvalue weighted by atomic mass is 32.2. The number of piperidine rings is 1. The van der Waals surface area contributed by atoms with Crippen molar-refractivity contribution in [3.8, 4) is 0 Å². The largest absolute Gasteiger partial charge is 0.338 e. The van der Waals surface area contributed by atoms with Crippen molar-refractivity contribution >= 4 is 15.9 Å². The average molecular weight is 385 g/mol. The summed E-state index contributed by atoms with van der Waals surface area (Å²) in [5.41, 5.74) is 0.740. The molecule has 0 N–H and O–H groups in total. The first-order chi connectivity index (χ1) is 13.0. The third kappa shape index (κ3) is 3.39. The number of carbonyl (C=O) groups is 1. The molecule has 1 amide bonds. The summed E-state index contributed by atoms with van der Waals surface area (Å²) >= 11 is 0. The summed E-state index contributed by atoms with van der Waals surface area (Å²) in [6, 6.07) is 18.5. The Kier molecular flexibility index (Phi) is 4.78. The van der Waals surface area contributed by atoms with Gasteiger partial charge in [-0.3, -0.25) is 4.79 Å². The van der Waals surface area contributed by atoms with Gasteiger partial charge in [0.05, 0.1) is 10.3 Å². The van der Waals surface area contributed by atoms with E-state index in [1.165, 1.54) is 4.31 Å². The van der Waals surface area contributed by atoms with Crippen LogP contribution in [-0.2, 0) is 21.4 Å². The van der Waals surface area contributed by atoms with Crippen LogP contribution in [0.25, 0.3) is 0 Å². The highest BCUT2D eigenvalue weighted by Gasteiger charge is 2.49. The highest BCUT2D eigenvalue weighted by molar-refractivity contribution is 7.89. The Labute approximate surface area is 160 Å². The van der Waals surface area contributed by atoms with Crippen molar-refractivity contribution in [2.24, 2.45) is 5.41 Å². The zero-order valence-corrected chi connectivity index (χ0v) is 16.1. The molecule has 0 radical (unpaired) electrons. The van der Waals surface area contributed by atoms with Gasteiger partial charge in [-0.05, 0) is 37.0 Å². The third-order valence-corrected chi connectivity index (χ3v) is 7.79. The molecule has 1 spiro atoms. The second kappa shape index (κ2) is 7.09. The number of sulfonamides is 1. The molecule has 2 aliphatic heterocycles. The summed E-state index contributed by atoms with van der Waals surface area (Å²) in [6.45, 7) is 2.19. The summed E-state index contributed by atoms with van der Waals surface area (Å²) in [5, 5.41) is 0. The van der Waals surface area contributed by atoms with Gasteiger partial charge in [0.1, 0.15) is 0 Å². The van der Waals surface area contributed by atoms with Gasteiger partial charge in [0, 0.05) is 26.2 Å². The van der Waals surface area contributed by atoms with Gasteiger partial charge in [-0.2, -0.15) is 4.31 Å². The van der Waals surface area contributed by atoms with Crippen molar-refractivity contribution in [2.45, 2.75) is 30.7 Å². The van der Waals surface area contributed by atoms with Crippen molar-refractivity contribution in [1.82, 2.24) is 9.21 Å². The maximum Gasteiger partial charge on any atom is 0.243 e. The lowest BCUT2D eigenvalue weighted by atomic mass is 9.77. The molecular weight excluding hydrogens is 360 g/mol. The molecule has 2 aromatic rings. The third-order valence-electron chi connectivity index (χ3n) is 5.88. The van der Waals surface area contributed by atoms with Crippen molar-refractivity contribution in [3.63, 3.8) is 0 Å². The van der Waals surface area contributed by atoms with Crippen LogP contribution in [0.3, 0.4) is 0 Å². The van der Waals surface area contributed by atoms with E-state index in [1.807, 2.05) is 41.3 Å². The zero-order chi connectivity index (χ0) is 18.9. The van der Waals surface area contributed by atoms with E-state index in [0.29, 0.717) is 37.4 Å². The van der Waals surface area contributed by atoms with Crippen LogP contribution in [-0.4, -0.2) is 43.2 Å². The Morgan fingerprint density at radius 1 is 0.815 bits per heavy atom. The average Bonchev–Trinajstić information content (AvgIpc) is 2.99. The molecule has 2 fully saturated rings. The van der Waals surface area contributed by atoms with Crippen molar-refractivity contribution in [3.05, 3.63) is 66.2 Å². The zero-order valence-electron chi connectivity index (χ0n) is 15.3. The second-order valence-electron chi connectivity index (χ2n) is 7.46. The van der Waals surface area contributed by atoms with Crippen LogP contribution in [0.4, 0.5) is 0 Å². The lowest BCUT2D eigenvalue weighted by molar-refractivity contribution is -0.138. The number of carbonyl (C=O) groups excluding carboxylic acids is 1. The minimum atomic E-state index is -3.48. The maximum atomic E-state index is 13.1. The van der Waals surface area contributed by atoms with Crippen LogP contribution in [0.1, 0.15) is 24.8 Å². The number of amides is 1. The molecular formula is C21H24N2O3S. The molecule has 142 valence electrons. The molecule has 4 rings (SSSR count). The number of hydrogen-bond donors (Lipinski definition) is 0. The molecule has 0 aliphatic carbocycles. The molecule has 0 aromatic heterocycles. The van der Waals surface area contributed by atoms with Crippen LogP contribution < -0.4 is 0 Å². The summed E-state index contributed by atoms with van der Waals surface area (Å²) in [5.74, 6) is 0.183. The minimum absolute atomic E-state index is 0.183. The van der Waals surface area contributed by atoms with E-state index in [2.05, 4.69) is 0 Å². The van der Waals surface area contributed by atoms with E-state index in [1.54, 1.807) is 24.3 Å². The monoisotopic (exact) mass is 384 g/mol. The molecule has 2 saturated heterocycles. The Balaban J connectivity index is 1.44. The minimum Gasteiger partial charge on any atom is -0.338 e. The predicted molar refractivity (Wildman–Crippen MR) is 103 cm³/mol. The molecule has 2 aliphatic rings. The van der Waals surface area contributed by atoms with Crippen molar-refractivity contribution in [1.29, 1.82) is 0 Å². The van der Waals surface area contributed by atoms with Gasteiger partial charge in [0.25, 0.3) is 0 Å². The number of benzene rings is 2. The van der Waals surface area contributed by atoms with Crippen molar-refractivity contribution in [2.75, 3.05) is 19.6 Å². The molecule has 5 nitrogen and oxygen atoms in total. The van der Waals surface area contributed by atoms with E-state index in [9.17, 15) is 13.2 Å². The molecule has 27 heavy (non-hydrogen) atoms. The van der Waals surface area contributed by atoms with E-state index in [-0.39, 0.29) is 5.91 Å². The Bertz CT molecular complexity index is 905. The van der Waals surface area contributed by atoms with E-state index < -0.39 is 15.4 Å². The SMILES string of the molecule is O=C1N(Cc2ccccc2)CCC12CCN(S(=O)(=O)c1ccccc1)CC2. The van der Waals surface area contributed by atoms with Crippen LogP contribution in [0, 0.1) is 5.41 Å². The van der Waals surface area contributed by atoms with Gasteiger partial charge < -0.3 is 4.90 Å². The topological polar surface area (TPSA) is 57.7 Å². The maximum absolute atomic E-state index is 13.1. The fraction of sp³-hybridized carbons (Fsp3) is 0.381. The van der Waals surface area contributed by atoms with E-state index >= 15 is 0 Å². The van der Waals surface area contributed by atoms with Gasteiger partial charge in [-0.1, -0.05) is 48.5 Å². The van der Waals surface area contributed by atoms with Gasteiger partial charge in [0.2, 0.25) is 15.9 Å². The lowest BCUT2D eigenvalue weighted by Gasteiger charge is -2.37. The second-order valence-corrected chi connectivity index (χ2v) is 9.40. The van der Waals surface area contributed by atoms with Gasteiger partial charge in [-0.15, -0.1) is 0 Å². The fourth-order valence-electron chi connectivity index (χ4n) is 4.21. The number of likely N-dealkylation sites (tertiary alicyclic amines) is 1. The number of hydrogen-bond acceptors (Lipinski definition) is 3. The first-order valence-electron chi connectivity index (χ1n) is 9.40.